The van der Waals surface area contributed by atoms with E-state index in [0.29, 0.717) is 0 Å². The molecule has 1 aromatic carbocycles. The Bertz CT molecular complexity index is 560. The van der Waals surface area contributed by atoms with Gasteiger partial charge in [0.05, 0.1) is 17.8 Å². The number of rotatable bonds is 4. The van der Waals surface area contributed by atoms with Crippen LogP contribution in [0.4, 0.5) is 0 Å². The average Bonchev–Trinajstić information content (AvgIpc) is 2.86. The van der Waals surface area contributed by atoms with Crippen molar-refractivity contribution >= 4 is 5.91 Å². The molecule has 4 heteroatoms. The molecule has 108 valence electrons. The van der Waals surface area contributed by atoms with Gasteiger partial charge in [-0.15, -0.1) is 0 Å². The van der Waals surface area contributed by atoms with Crippen LogP contribution in [0.2, 0.25) is 0 Å². The minimum Gasteiger partial charge on any atom is -0.344 e. The summed E-state index contributed by atoms with van der Waals surface area (Å²) in [6, 6.07) is 15.8. The summed E-state index contributed by atoms with van der Waals surface area (Å²) < 4.78 is 0. The van der Waals surface area contributed by atoms with E-state index in [1.54, 1.807) is 11.1 Å². The lowest BCUT2D eigenvalue weighted by Crippen LogP contribution is -2.39. The molecule has 1 aromatic heterocycles. The van der Waals surface area contributed by atoms with Gasteiger partial charge < -0.3 is 4.90 Å². The van der Waals surface area contributed by atoms with Crippen LogP contribution in [0.15, 0.2) is 54.7 Å². The van der Waals surface area contributed by atoms with Crippen molar-refractivity contribution in [3.05, 3.63) is 66.0 Å². The monoisotopic (exact) mass is 281 g/mol. The Hall–Kier alpha value is -2.20. The van der Waals surface area contributed by atoms with Crippen molar-refractivity contribution in [1.82, 2.24) is 15.2 Å². The van der Waals surface area contributed by atoms with Gasteiger partial charge in [-0.25, -0.2) is 0 Å². The first kappa shape index (κ1) is 13.8. The molecule has 1 saturated heterocycles. The van der Waals surface area contributed by atoms with Gasteiger partial charge in [-0.1, -0.05) is 36.4 Å². The van der Waals surface area contributed by atoms with Crippen molar-refractivity contribution in [3.63, 3.8) is 0 Å². The standard InChI is InChI=1S/C17H19N3O/c1-20-12-10-15(17(20)21)19-16(13-7-3-2-4-8-13)14-9-5-6-11-18-14/h2-9,11,15-16,19H,10,12H2,1H3. The topological polar surface area (TPSA) is 45.2 Å². The van der Waals surface area contributed by atoms with Crippen LogP contribution in [0.3, 0.4) is 0 Å². The van der Waals surface area contributed by atoms with Crippen LogP contribution in [0.5, 0.6) is 0 Å². The Labute approximate surface area is 124 Å². The Kier molecular flexibility index (Phi) is 3.97. The number of amides is 1. The highest BCUT2D eigenvalue weighted by atomic mass is 16.2. The maximum absolute atomic E-state index is 12.1. The second kappa shape index (κ2) is 6.06. The van der Waals surface area contributed by atoms with Gasteiger partial charge in [-0.2, -0.15) is 0 Å². The van der Waals surface area contributed by atoms with Crippen molar-refractivity contribution in [2.24, 2.45) is 0 Å². The smallest absolute Gasteiger partial charge is 0.239 e. The maximum atomic E-state index is 12.1. The van der Waals surface area contributed by atoms with Crippen LogP contribution in [0.25, 0.3) is 0 Å². The van der Waals surface area contributed by atoms with Crippen molar-refractivity contribution in [3.8, 4) is 0 Å². The molecule has 1 fully saturated rings. The molecule has 2 unspecified atom stereocenters. The molecule has 0 aliphatic carbocycles. The molecule has 0 saturated carbocycles. The van der Waals surface area contributed by atoms with Gasteiger partial charge in [0.15, 0.2) is 0 Å². The largest absolute Gasteiger partial charge is 0.344 e. The van der Waals surface area contributed by atoms with E-state index < -0.39 is 0 Å². The lowest BCUT2D eigenvalue weighted by atomic mass is 10.0. The van der Waals surface area contributed by atoms with Gasteiger partial charge >= 0.3 is 0 Å². The zero-order valence-corrected chi connectivity index (χ0v) is 12.1. The molecule has 2 aromatic rings. The van der Waals surface area contributed by atoms with Crippen molar-refractivity contribution in [2.45, 2.75) is 18.5 Å². The first-order chi connectivity index (χ1) is 10.3. The van der Waals surface area contributed by atoms with Crippen LogP contribution >= 0.6 is 0 Å². The molecular weight excluding hydrogens is 262 g/mol. The van der Waals surface area contributed by atoms with Crippen LogP contribution < -0.4 is 5.32 Å². The third-order valence-electron chi connectivity index (χ3n) is 3.91. The zero-order valence-electron chi connectivity index (χ0n) is 12.1. The van der Waals surface area contributed by atoms with Gasteiger partial charge in [0.1, 0.15) is 0 Å². The second-order valence-corrected chi connectivity index (χ2v) is 5.37. The predicted molar refractivity (Wildman–Crippen MR) is 81.7 cm³/mol. The number of hydrogen-bond donors (Lipinski definition) is 1. The molecule has 2 heterocycles. The van der Waals surface area contributed by atoms with E-state index in [0.717, 1.165) is 24.2 Å². The quantitative estimate of drug-likeness (QED) is 0.932. The molecule has 1 aliphatic heterocycles. The fourth-order valence-electron chi connectivity index (χ4n) is 2.72. The molecule has 0 spiro atoms. The summed E-state index contributed by atoms with van der Waals surface area (Å²) in [7, 11) is 1.85. The Morgan fingerprint density at radius 2 is 1.95 bits per heavy atom. The molecule has 4 nitrogen and oxygen atoms in total. The van der Waals surface area contributed by atoms with Gasteiger partial charge in [-0.3, -0.25) is 15.1 Å². The Balaban J connectivity index is 1.89. The number of carbonyl (C=O) groups is 1. The first-order valence-electron chi connectivity index (χ1n) is 7.22. The van der Waals surface area contributed by atoms with E-state index in [-0.39, 0.29) is 18.0 Å². The molecule has 21 heavy (non-hydrogen) atoms. The van der Waals surface area contributed by atoms with Gasteiger partial charge in [0.2, 0.25) is 5.91 Å². The van der Waals surface area contributed by atoms with Crippen LogP contribution in [0, 0.1) is 0 Å². The highest BCUT2D eigenvalue weighted by Crippen LogP contribution is 2.22. The van der Waals surface area contributed by atoms with Gasteiger partial charge in [-0.05, 0) is 24.1 Å². The third kappa shape index (κ3) is 2.95. The molecule has 3 rings (SSSR count). The van der Waals surface area contributed by atoms with Crippen molar-refractivity contribution < 1.29 is 4.79 Å². The fourth-order valence-corrected chi connectivity index (χ4v) is 2.72. The number of likely N-dealkylation sites (N-methyl/N-ethyl adjacent to an activating group) is 1. The number of nitrogens with one attached hydrogen (secondary N) is 1. The molecule has 1 amide bonds. The molecule has 0 bridgehead atoms. The molecule has 0 radical (unpaired) electrons. The lowest BCUT2D eigenvalue weighted by molar-refractivity contribution is -0.128. The third-order valence-corrected chi connectivity index (χ3v) is 3.91. The van der Waals surface area contributed by atoms with Gasteiger partial charge in [0.25, 0.3) is 0 Å². The van der Waals surface area contributed by atoms with E-state index in [4.69, 9.17) is 0 Å². The second-order valence-electron chi connectivity index (χ2n) is 5.37. The number of pyridine rings is 1. The summed E-state index contributed by atoms with van der Waals surface area (Å²) in [6.07, 6.45) is 2.63. The predicted octanol–water partition coefficient (Wildman–Crippen LogP) is 1.99. The summed E-state index contributed by atoms with van der Waals surface area (Å²) in [5.74, 6) is 0.159. The lowest BCUT2D eigenvalue weighted by Gasteiger charge is -2.22. The highest BCUT2D eigenvalue weighted by molar-refractivity contribution is 5.83. The Morgan fingerprint density at radius 1 is 1.19 bits per heavy atom. The number of aromatic nitrogens is 1. The number of likely N-dealkylation sites (tertiary alicyclic amines) is 1. The SMILES string of the molecule is CN1CCC(NC(c2ccccc2)c2ccccn2)C1=O. The zero-order chi connectivity index (χ0) is 14.7. The number of hydrogen-bond acceptors (Lipinski definition) is 3. The summed E-state index contributed by atoms with van der Waals surface area (Å²) in [6.45, 7) is 0.806. The van der Waals surface area contributed by atoms with Crippen LogP contribution in [0.1, 0.15) is 23.7 Å². The van der Waals surface area contributed by atoms with E-state index in [9.17, 15) is 4.79 Å². The summed E-state index contributed by atoms with van der Waals surface area (Å²) in [5.41, 5.74) is 2.06. The number of nitrogens with zero attached hydrogens (tertiary/aromatic N) is 2. The summed E-state index contributed by atoms with van der Waals surface area (Å²) >= 11 is 0. The van der Waals surface area contributed by atoms with E-state index in [2.05, 4.69) is 22.4 Å². The van der Waals surface area contributed by atoms with Crippen molar-refractivity contribution in [2.75, 3.05) is 13.6 Å². The molecular formula is C17H19N3O. The fraction of sp³-hybridized carbons (Fsp3) is 0.294. The Morgan fingerprint density at radius 3 is 2.57 bits per heavy atom. The average molecular weight is 281 g/mol. The van der Waals surface area contributed by atoms with Crippen LogP contribution in [-0.2, 0) is 4.79 Å². The summed E-state index contributed by atoms with van der Waals surface area (Å²) in [5, 5.41) is 3.47. The highest BCUT2D eigenvalue weighted by Gasteiger charge is 2.31. The van der Waals surface area contributed by atoms with Crippen LogP contribution in [-0.4, -0.2) is 35.4 Å². The van der Waals surface area contributed by atoms with E-state index in [1.807, 2.05) is 43.4 Å². The minimum absolute atomic E-state index is 0.0622. The van der Waals surface area contributed by atoms with Crippen molar-refractivity contribution in [1.29, 1.82) is 0 Å². The normalized spacial score (nSPS) is 19.8. The molecule has 1 N–H and O–H groups in total. The van der Waals surface area contributed by atoms with E-state index in [1.165, 1.54) is 0 Å². The molecule has 2 atom stereocenters. The minimum atomic E-state index is -0.137. The number of benzene rings is 1. The molecule has 1 aliphatic rings. The van der Waals surface area contributed by atoms with Gasteiger partial charge in [0, 0.05) is 19.8 Å². The number of carbonyl (C=O) groups excluding carboxylic acids is 1. The first-order valence-corrected chi connectivity index (χ1v) is 7.22. The maximum Gasteiger partial charge on any atom is 0.239 e. The summed E-state index contributed by atoms with van der Waals surface area (Å²) in [4.78, 5) is 18.4. The van der Waals surface area contributed by atoms with E-state index >= 15 is 0 Å².